The molecule has 7 heteroatoms. The number of hydrogen-bond acceptors (Lipinski definition) is 3. The first kappa shape index (κ1) is 17.4. The van der Waals surface area contributed by atoms with Gasteiger partial charge in [-0.05, 0) is 65.9 Å². The third kappa shape index (κ3) is 3.37. The molecule has 0 heterocycles. The van der Waals surface area contributed by atoms with Crippen LogP contribution in [-0.4, -0.2) is 32.4 Å². The minimum absolute atomic E-state index is 0.00743. The molecule has 0 spiro atoms. The summed E-state index contributed by atoms with van der Waals surface area (Å²) in [4.78, 5) is 0.296. The molecule has 0 bridgehead atoms. The van der Waals surface area contributed by atoms with Crippen LogP contribution in [0.15, 0.2) is 26.0 Å². The molecule has 21 heavy (non-hydrogen) atoms. The Hall–Kier alpha value is 0.0500. The molecule has 118 valence electrons. The van der Waals surface area contributed by atoms with Gasteiger partial charge in [0.15, 0.2) is 0 Å². The third-order valence-corrected chi connectivity index (χ3v) is 7.95. The van der Waals surface area contributed by atoms with E-state index in [9.17, 15) is 8.42 Å². The van der Waals surface area contributed by atoms with Crippen molar-refractivity contribution in [3.63, 3.8) is 0 Å². The highest BCUT2D eigenvalue weighted by molar-refractivity contribution is 9.11. The van der Waals surface area contributed by atoms with Gasteiger partial charge in [0.2, 0.25) is 10.0 Å². The summed E-state index contributed by atoms with van der Waals surface area (Å²) < 4.78 is 28.7. The Balaban J connectivity index is 2.40. The van der Waals surface area contributed by atoms with Gasteiger partial charge in [-0.2, -0.15) is 4.31 Å². The molecule has 1 aromatic rings. The number of nitrogens with zero attached hydrogens (tertiary/aromatic N) is 1. The van der Waals surface area contributed by atoms with Gasteiger partial charge < -0.3 is 5.73 Å². The largest absolute Gasteiger partial charge is 0.330 e. The lowest BCUT2D eigenvalue weighted by Gasteiger charge is -2.28. The lowest BCUT2D eigenvalue weighted by Crippen LogP contribution is -2.41. The van der Waals surface area contributed by atoms with Crippen molar-refractivity contribution in [3.05, 3.63) is 26.6 Å². The van der Waals surface area contributed by atoms with E-state index in [1.807, 2.05) is 13.0 Å². The maximum atomic E-state index is 12.9. The van der Waals surface area contributed by atoms with Gasteiger partial charge >= 0.3 is 0 Å². The summed E-state index contributed by atoms with van der Waals surface area (Å²) in [5, 5.41) is 0. The number of halogens is 2. The van der Waals surface area contributed by atoms with Crippen molar-refractivity contribution >= 4 is 41.9 Å². The highest BCUT2D eigenvalue weighted by Crippen LogP contribution is 2.35. The molecular weight excluding hydrogens is 420 g/mol. The molecule has 1 saturated carbocycles. The van der Waals surface area contributed by atoms with E-state index in [-0.39, 0.29) is 12.0 Å². The van der Waals surface area contributed by atoms with Crippen LogP contribution in [0.5, 0.6) is 0 Å². The molecule has 0 radical (unpaired) electrons. The van der Waals surface area contributed by atoms with Gasteiger partial charge in [-0.15, -0.1) is 0 Å². The van der Waals surface area contributed by atoms with E-state index in [1.54, 1.807) is 13.1 Å². The number of rotatable bonds is 4. The number of sulfonamides is 1. The van der Waals surface area contributed by atoms with Crippen LogP contribution < -0.4 is 5.73 Å². The molecule has 2 unspecified atom stereocenters. The Bertz CT molecular complexity index is 634. The van der Waals surface area contributed by atoms with Crippen LogP contribution in [0, 0.1) is 12.8 Å². The minimum atomic E-state index is -3.53. The Morgan fingerprint density at radius 2 is 1.95 bits per heavy atom. The van der Waals surface area contributed by atoms with Crippen molar-refractivity contribution in [2.24, 2.45) is 11.7 Å². The van der Waals surface area contributed by atoms with Gasteiger partial charge in [-0.3, -0.25) is 0 Å². The molecule has 1 aliphatic rings. The van der Waals surface area contributed by atoms with E-state index >= 15 is 0 Å². The molecule has 2 rings (SSSR count). The smallest absolute Gasteiger partial charge is 0.244 e. The topological polar surface area (TPSA) is 63.4 Å². The van der Waals surface area contributed by atoms with Crippen molar-refractivity contribution < 1.29 is 8.42 Å². The average molecular weight is 440 g/mol. The Kier molecular flexibility index (Phi) is 5.52. The highest BCUT2D eigenvalue weighted by Gasteiger charge is 2.36. The van der Waals surface area contributed by atoms with Gasteiger partial charge in [0.1, 0.15) is 0 Å². The fourth-order valence-electron chi connectivity index (χ4n) is 2.93. The first-order valence-electron chi connectivity index (χ1n) is 6.92. The second kappa shape index (κ2) is 6.66. The zero-order valence-electron chi connectivity index (χ0n) is 12.1. The first-order chi connectivity index (χ1) is 9.78. The van der Waals surface area contributed by atoms with Gasteiger partial charge in [-0.25, -0.2) is 8.42 Å². The van der Waals surface area contributed by atoms with Crippen molar-refractivity contribution in [1.82, 2.24) is 4.31 Å². The Labute approximate surface area is 143 Å². The predicted molar refractivity (Wildman–Crippen MR) is 91.7 cm³/mol. The zero-order chi connectivity index (χ0) is 15.8. The molecule has 2 atom stereocenters. The van der Waals surface area contributed by atoms with Gasteiger partial charge in [0.25, 0.3) is 0 Å². The van der Waals surface area contributed by atoms with E-state index in [0.29, 0.717) is 15.9 Å². The number of benzene rings is 1. The minimum Gasteiger partial charge on any atom is -0.330 e. The van der Waals surface area contributed by atoms with Crippen LogP contribution in [0.25, 0.3) is 0 Å². The summed E-state index contributed by atoms with van der Waals surface area (Å²) in [6, 6.07) is 3.48. The fraction of sp³-hybridized carbons (Fsp3) is 0.571. The van der Waals surface area contributed by atoms with Crippen LogP contribution in [0.3, 0.4) is 0 Å². The van der Waals surface area contributed by atoms with E-state index in [4.69, 9.17) is 5.73 Å². The van der Waals surface area contributed by atoms with Crippen molar-refractivity contribution in [1.29, 1.82) is 0 Å². The van der Waals surface area contributed by atoms with E-state index in [0.717, 1.165) is 29.3 Å². The van der Waals surface area contributed by atoms with Crippen LogP contribution in [0.1, 0.15) is 24.8 Å². The average Bonchev–Trinajstić information content (AvgIpc) is 2.89. The molecular formula is C14H20Br2N2O2S. The van der Waals surface area contributed by atoms with Crippen molar-refractivity contribution in [2.45, 2.75) is 37.1 Å². The molecule has 4 nitrogen and oxygen atoms in total. The predicted octanol–water partition coefficient (Wildman–Crippen LogP) is 3.27. The van der Waals surface area contributed by atoms with Gasteiger partial charge in [0, 0.05) is 22.0 Å². The number of aryl methyl sites for hydroxylation is 1. The normalized spacial score (nSPS) is 23.0. The number of hydrogen-bond donors (Lipinski definition) is 1. The molecule has 1 fully saturated rings. The lowest BCUT2D eigenvalue weighted by molar-refractivity contribution is 0.304. The van der Waals surface area contributed by atoms with Gasteiger partial charge in [0.05, 0.1) is 4.90 Å². The van der Waals surface area contributed by atoms with E-state index < -0.39 is 10.0 Å². The highest BCUT2D eigenvalue weighted by atomic mass is 79.9. The summed E-state index contributed by atoms with van der Waals surface area (Å²) in [5.74, 6) is 0.248. The van der Waals surface area contributed by atoms with Gasteiger partial charge in [-0.1, -0.05) is 22.4 Å². The van der Waals surface area contributed by atoms with Crippen LogP contribution >= 0.6 is 31.9 Å². The van der Waals surface area contributed by atoms with E-state index in [1.165, 1.54) is 4.31 Å². The SMILES string of the molecule is Cc1cc(Br)c(S(=O)(=O)N(C)C2CCCC2CN)cc1Br. The van der Waals surface area contributed by atoms with Crippen molar-refractivity contribution in [3.8, 4) is 0 Å². The monoisotopic (exact) mass is 438 g/mol. The second-order valence-corrected chi connectivity index (χ2v) is 9.22. The third-order valence-electron chi connectivity index (χ3n) is 4.26. The lowest BCUT2D eigenvalue weighted by atomic mass is 10.0. The van der Waals surface area contributed by atoms with Crippen molar-refractivity contribution in [2.75, 3.05) is 13.6 Å². The summed E-state index contributed by atoms with van der Waals surface area (Å²) in [6.45, 7) is 2.46. The maximum absolute atomic E-state index is 12.9. The fourth-order valence-corrected chi connectivity index (χ4v) is 6.01. The van der Waals surface area contributed by atoms with E-state index in [2.05, 4.69) is 31.9 Å². The molecule has 0 saturated heterocycles. The van der Waals surface area contributed by atoms with Crippen LogP contribution in [-0.2, 0) is 10.0 Å². The Morgan fingerprint density at radius 1 is 1.29 bits per heavy atom. The summed E-state index contributed by atoms with van der Waals surface area (Å²) in [7, 11) is -1.87. The van der Waals surface area contributed by atoms with Crippen LogP contribution in [0.2, 0.25) is 0 Å². The standard InChI is InChI=1S/C14H20Br2N2O2S/c1-9-6-12(16)14(7-11(9)15)21(19,20)18(2)13-5-3-4-10(13)8-17/h6-7,10,13H,3-5,8,17H2,1-2H3. The molecule has 0 aliphatic heterocycles. The molecule has 2 N–H and O–H groups in total. The van der Waals surface area contributed by atoms with Crippen LogP contribution in [0.4, 0.5) is 0 Å². The zero-order valence-corrected chi connectivity index (χ0v) is 16.1. The summed E-state index contributed by atoms with van der Waals surface area (Å²) >= 11 is 6.78. The molecule has 0 amide bonds. The summed E-state index contributed by atoms with van der Waals surface area (Å²) in [5.41, 5.74) is 6.77. The second-order valence-electron chi connectivity index (χ2n) is 5.55. The summed E-state index contributed by atoms with van der Waals surface area (Å²) in [6.07, 6.45) is 2.91. The molecule has 1 aromatic carbocycles. The maximum Gasteiger partial charge on any atom is 0.244 e. The Morgan fingerprint density at radius 3 is 2.57 bits per heavy atom. The molecule has 0 aromatic heterocycles. The number of nitrogens with two attached hydrogens (primary N) is 1. The molecule has 1 aliphatic carbocycles. The quantitative estimate of drug-likeness (QED) is 0.782. The first-order valence-corrected chi connectivity index (χ1v) is 9.95.